The van der Waals surface area contributed by atoms with E-state index in [0.717, 1.165) is 12.1 Å². The smallest absolute Gasteiger partial charge is 0.279 e. The van der Waals surface area contributed by atoms with Gasteiger partial charge in [0.05, 0.1) is 14.2 Å². The number of carbonyl (C=O) groups excluding carboxylic acids is 1. The molecule has 0 fully saturated rings. The normalized spacial score (nSPS) is 11.7. The van der Waals surface area contributed by atoms with Crippen molar-refractivity contribution in [2.24, 2.45) is 0 Å². The average Bonchev–Trinajstić information content (AvgIpc) is 2.61. The van der Waals surface area contributed by atoms with Gasteiger partial charge in [-0.15, -0.1) is 0 Å². The predicted octanol–water partition coefficient (Wildman–Crippen LogP) is 2.25. The Bertz CT molecular complexity index is 753. The SMILES string of the molecule is COc1ccc(NC(=O)C[NH2+][C@H](C)c2ccc(F)c(F)c2)cc1OC. The Morgan fingerprint density at radius 1 is 1.08 bits per heavy atom. The molecule has 0 saturated carbocycles. The van der Waals surface area contributed by atoms with Crippen LogP contribution in [-0.4, -0.2) is 26.7 Å². The molecule has 0 aromatic heterocycles. The molecule has 0 saturated heterocycles. The van der Waals surface area contributed by atoms with Gasteiger partial charge in [0.25, 0.3) is 5.91 Å². The third kappa shape index (κ3) is 4.90. The number of anilines is 1. The number of halogens is 2. The van der Waals surface area contributed by atoms with Gasteiger partial charge in [-0.2, -0.15) is 0 Å². The Morgan fingerprint density at radius 3 is 2.44 bits per heavy atom. The lowest BCUT2D eigenvalue weighted by Gasteiger charge is -2.13. The molecule has 2 rings (SSSR count). The van der Waals surface area contributed by atoms with Crippen molar-refractivity contribution in [3.8, 4) is 11.5 Å². The maximum atomic E-state index is 13.3. The molecule has 2 aromatic rings. The number of carbonyl (C=O) groups is 1. The van der Waals surface area contributed by atoms with Crippen LogP contribution in [0, 0.1) is 11.6 Å². The predicted molar refractivity (Wildman–Crippen MR) is 89.7 cm³/mol. The maximum Gasteiger partial charge on any atom is 0.279 e. The molecular formula is C18H21F2N2O3+. The molecule has 134 valence electrons. The Kier molecular flexibility index (Phi) is 6.30. The third-order valence-electron chi connectivity index (χ3n) is 3.79. The van der Waals surface area contributed by atoms with E-state index in [1.807, 2.05) is 6.92 Å². The van der Waals surface area contributed by atoms with Crippen LogP contribution in [0.1, 0.15) is 18.5 Å². The molecular weight excluding hydrogens is 330 g/mol. The summed E-state index contributed by atoms with van der Waals surface area (Å²) in [5.74, 6) is -0.921. The second-order valence-corrected chi connectivity index (χ2v) is 5.52. The summed E-state index contributed by atoms with van der Waals surface area (Å²) in [6, 6.07) is 8.61. The van der Waals surface area contributed by atoms with Crippen LogP contribution in [-0.2, 0) is 4.79 Å². The van der Waals surface area contributed by atoms with E-state index in [4.69, 9.17) is 9.47 Å². The highest BCUT2D eigenvalue weighted by Crippen LogP contribution is 2.29. The van der Waals surface area contributed by atoms with E-state index in [0.29, 0.717) is 22.7 Å². The highest BCUT2D eigenvalue weighted by Gasteiger charge is 2.14. The van der Waals surface area contributed by atoms with Crippen LogP contribution in [0.3, 0.4) is 0 Å². The molecule has 5 nitrogen and oxygen atoms in total. The van der Waals surface area contributed by atoms with Gasteiger partial charge in [0.1, 0.15) is 6.04 Å². The van der Waals surface area contributed by atoms with Gasteiger partial charge in [0, 0.05) is 17.3 Å². The molecule has 0 aliphatic carbocycles. The standard InChI is InChI=1S/C18H20F2N2O3/c1-11(12-4-6-14(19)15(20)8-12)21-10-18(23)22-13-5-7-16(24-2)17(9-13)25-3/h4-9,11,21H,10H2,1-3H3,(H,22,23)/p+1/t11-/m1/s1. The van der Waals surface area contributed by atoms with E-state index in [2.05, 4.69) is 5.32 Å². The largest absolute Gasteiger partial charge is 0.493 e. The lowest BCUT2D eigenvalue weighted by Crippen LogP contribution is -2.86. The molecule has 0 heterocycles. The van der Waals surface area contributed by atoms with Crippen molar-refractivity contribution in [3.05, 3.63) is 53.6 Å². The van der Waals surface area contributed by atoms with E-state index in [1.165, 1.54) is 20.3 Å². The fraction of sp³-hybridized carbons (Fsp3) is 0.278. The molecule has 3 N–H and O–H groups in total. The van der Waals surface area contributed by atoms with Crippen LogP contribution in [0.15, 0.2) is 36.4 Å². The first-order chi connectivity index (χ1) is 11.9. The first-order valence-corrected chi connectivity index (χ1v) is 7.74. The quantitative estimate of drug-likeness (QED) is 0.804. The minimum atomic E-state index is -0.896. The number of nitrogens with two attached hydrogens (primary N) is 1. The zero-order valence-electron chi connectivity index (χ0n) is 14.3. The van der Waals surface area contributed by atoms with Crippen LogP contribution in [0.4, 0.5) is 14.5 Å². The fourth-order valence-corrected chi connectivity index (χ4v) is 2.34. The Hall–Kier alpha value is -2.67. The van der Waals surface area contributed by atoms with Crippen molar-refractivity contribution in [2.45, 2.75) is 13.0 Å². The maximum absolute atomic E-state index is 13.3. The highest BCUT2D eigenvalue weighted by molar-refractivity contribution is 5.91. The number of methoxy groups -OCH3 is 2. The number of hydrogen-bond acceptors (Lipinski definition) is 3. The number of ether oxygens (including phenoxy) is 2. The lowest BCUT2D eigenvalue weighted by atomic mass is 10.1. The van der Waals surface area contributed by atoms with Gasteiger partial charge in [0.15, 0.2) is 29.7 Å². The van der Waals surface area contributed by atoms with E-state index in [-0.39, 0.29) is 18.5 Å². The molecule has 0 radical (unpaired) electrons. The van der Waals surface area contributed by atoms with Crippen molar-refractivity contribution in [3.63, 3.8) is 0 Å². The summed E-state index contributed by atoms with van der Waals surface area (Å²) in [5, 5.41) is 4.49. The van der Waals surface area contributed by atoms with Gasteiger partial charge in [-0.3, -0.25) is 4.79 Å². The van der Waals surface area contributed by atoms with Gasteiger partial charge < -0.3 is 20.1 Å². The van der Waals surface area contributed by atoms with Crippen LogP contribution >= 0.6 is 0 Å². The van der Waals surface area contributed by atoms with Crippen LogP contribution < -0.4 is 20.1 Å². The molecule has 25 heavy (non-hydrogen) atoms. The summed E-state index contributed by atoms with van der Waals surface area (Å²) in [6.07, 6.45) is 0. The fourth-order valence-electron chi connectivity index (χ4n) is 2.34. The van der Waals surface area contributed by atoms with Gasteiger partial charge >= 0.3 is 0 Å². The molecule has 0 aliphatic rings. The zero-order chi connectivity index (χ0) is 18.4. The summed E-state index contributed by atoms with van der Waals surface area (Å²) in [5.41, 5.74) is 1.19. The number of amides is 1. The second-order valence-electron chi connectivity index (χ2n) is 5.52. The van der Waals surface area contributed by atoms with E-state index < -0.39 is 11.6 Å². The van der Waals surface area contributed by atoms with Gasteiger partial charge in [0.2, 0.25) is 0 Å². The Morgan fingerprint density at radius 2 is 1.80 bits per heavy atom. The molecule has 0 spiro atoms. The summed E-state index contributed by atoms with van der Waals surface area (Å²) in [4.78, 5) is 12.1. The van der Waals surface area contributed by atoms with Crippen molar-refractivity contribution in [1.29, 1.82) is 0 Å². The number of quaternary nitrogens is 1. The first-order valence-electron chi connectivity index (χ1n) is 7.74. The highest BCUT2D eigenvalue weighted by atomic mass is 19.2. The minimum absolute atomic E-state index is 0.133. The van der Waals surface area contributed by atoms with E-state index in [9.17, 15) is 13.6 Å². The molecule has 0 unspecified atom stereocenters. The topological polar surface area (TPSA) is 64.2 Å². The average molecular weight is 351 g/mol. The van der Waals surface area contributed by atoms with Crippen LogP contribution in [0.5, 0.6) is 11.5 Å². The van der Waals surface area contributed by atoms with Crippen LogP contribution in [0.25, 0.3) is 0 Å². The van der Waals surface area contributed by atoms with Crippen molar-refractivity contribution < 1.29 is 28.4 Å². The molecule has 1 amide bonds. The van der Waals surface area contributed by atoms with Gasteiger partial charge in [-0.1, -0.05) is 0 Å². The van der Waals surface area contributed by atoms with Crippen LogP contribution in [0.2, 0.25) is 0 Å². The van der Waals surface area contributed by atoms with Crippen molar-refractivity contribution >= 4 is 11.6 Å². The minimum Gasteiger partial charge on any atom is -0.493 e. The summed E-state index contributed by atoms with van der Waals surface area (Å²) < 4.78 is 36.6. The molecule has 7 heteroatoms. The van der Waals surface area contributed by atoms with E-state index in [1.54, 1.807) is 23.5 Å². The van der Waals surface area contributed by atoms with Crippen molar-refractivity contribution in [1.82, 2.24) is 0 Å². The Balaban J connectivity index is 1.93. The molecule has 1 atom stereocenters. The monoisotopic (exact) mass is 351 g/mol. The number of nitrogens with one attached hydrogen (secondary N) is 1. The van der Waals surface area contributed by atoms with E-state index >= 15 is 0 Å². The number of hydrogen-bond donors (Lipinski definition) is 2. The summed E-state index contributed by atoms with van der Waals surface area (Å²) in [6.45, 7) is 1.95. The first kappa shape index (κ1) is 18.7. The molecule has 0 bridgehead atoms. The summed E-state index contributed by atoms with van der Waals surface area (Å²) in [7, 11) is 3.05. The molecule has 2 aromatic carbocycles. The van der Waals surface area contributed by atoms with Gasteiger partial charge in [-0.25, -0.2) is 8.78 Å². The number of benzene rings is 2. The van der Waals surface area contributed by atoms with Crippen molar-refractivity contribution in [2.75, 3.05) is 26.1 Å². The lowest BCUT2D eigenvalue weighted by molar-refractivity contribution is -0.682. The summed E-state index contributed by atoms with van der Waals surface area (Å²) >= 11 is 0. The number of rotatable bonds is 7. The Labute approximate surface area is 144 Å². The third-order valence-corrected chi connectivity index (χ3v) is 3.79. The second kappa shape index (κ2) is 8.43. The molecule has 0 aliphatic heterocycles. The zero-order valence-corrected chi connectivity index (χ0v) is 14.3. The van der Waals surface area contributed by atoms with Gasteiger partial charge in [-0.05, 0) is 37.3 Å².